The fourth-order valence-electron chi connectivity index (χ4n) is 4.05. The van der Waals surface area contributed by atoms with Crippen LogP contribution in [0.1, 0.15) is 18.4 Å². The maximum atomic E-state index is 12.8. The molecule has 5 rings (SSSR count). The molecular formula is C24H24ClN5O2S. The van der Waals surface area contributed by atoms with Gasteiger partial charge >= 0.3 is 0 Å². The van der Waals surface area contributed by atoms with Gasteiger partial charge in [-0.1, -0.05) is 41.1 Å². The van der Waals surface area contributed by atoms with Gasteiger partial charge in [0.05, 0.1) is 24.9 Å². The van der Waals surface area contributed by atoms with Crippen molar-refractivity contribution in [3.05, 3.63) is 65.3 Å². The van der Waals surface area contributed by atoms with E-state index in [-0.39, 0.29) is 11.8 Å². The summed E-state index contributed by atoms with van der Waals surface area (Å²) in [6.45, 7) is 1.97. The first-order valence-corrected chi connectivity index (χ1v) is 12.1. The first-order valence-electron chi connectivity index (χ1n) is 10.9. The summed E-state index contributed by atoms with van der Waals surface area (Å²) in [7, 11) is 1.65. The lowest BCUT2D eigenvalue weighted by atomic mass is 9.97. The Morgan fingerprint density at radius 2 is 2.06 bits per heavy atom. The van der Waals surface area contributed by atoms with Gasteiger partial charge in [0.25, 0.3) is 0 Å². The molecule has 1 N–H and O–H groups in total. The van der Waals surface area contributed by atoms with Crippen LogP contribution in [0.3, 0.4) is 0 Å². The molecule has 9 heteroatoms. The van der Waals surface area contributed by atoms with E-state index < -0.39 is 0 Å². The molecule has 2 aromatic heterocycles. The number of carbonyl (C=O) groups excluding carboxylic acids is 1. The lowest BCUT2D eigenvalue weighted by Crippen LogP contribution is -2.43. The molecule has 1 fully saturated rings. The van der Waals surface area contributed by atoms with E-state index in [9.17, 15) is 4.79 Å². The van der Waals surface area contributed by atoms with Crippen LogP contribution in [0.5, 0.6) is 5.75 Å². The van der Waals surface area contributed by atoms with Crippen molar-refractivity contribution < 1.29 is 9.53 Å². The molecule has 1 saturated heterocycles. The largest absolute Gasteiger partial charge is 0.497 e. The Kier molecular flexibility index (Phi) is 6.20. The quantitative estimate of drug-likeness (QED) is 0.434. The zero-order valence-corrected chi connectivity index (χ0v) is 19.8. The van der Waals surface area contributed by atoms with Crippen LogP contribution in [0.25, 0.3) is 16.2 Å². The molecule has 1 aliphatic rings. The number of anilines is 1. The number of methoxy groups -OCH3 is 1. The van der Waals surface area contributed by atoms with Crippen LogP contribution >= 0.6 is 22.9 Å². The molecular weight excluding hydrogens is 458 g/mol. The molecule has 1 aliphatic heterocycles. The molecule has 0 spiro atoms. The number of rotatable bonds is 6. The van der Waals surface area contributed by atoms with E-state index >= 15 is 0 Å². The van der Waals surface area contributed by atoms with Crippen molar-refractivity contribution in [2.45, 2.75) is 19.4 Å². The predicted octanol–water partition coefficient (Wildman–Crippen LogP) is 4.65. The van der Waals surface area contributed by atoms with Gasteiger partial charge in [-0.15, -0.1) is 5.10 Å². The fourth-order valence-corrected chi connectivity index (χ4v) is 5.17. The highest BCUT2D eigenvalue weighted by Crippen LogP contribution is 2.30. The average molecular weight is 482 g/mol. The van der Waals surface area contributed by atoms with Crippen molar-refractivity contribution in [3.8, 4) is 17.0 Å². The highest BCUT2D eigenvalue weighted by Gasteiger charge is 2.28. The number of halogens is 1. The van der Waals surface area contributed by atoms with Crippen molar-refractivity contribution in [2.24, 2.45) is 5.92 Å². The summed E-state index contributed by atoms with van der Waals surface area (Å²) in [5, 5.41) is 9.34. The van der Waals surface area contributed by atoms with E-state index in [0.29, 0.717) is 18.1 Å². The number of benzene rings is 2. The highest BCUT2D eigenvalue weighted by atomic mass is 35.5. The molecule has 3 heterocycles. The van der Waals surface area contributed by atoms with Gasteiger partial charge in [0.15, 0.2) is 0 Å². The highest BCUT2D eigenvalue weighted by molar-refractivity contribution is 7.20. The van der Waals surface area contributed by atoms with E-state index in [1.54, 1.807) is 18.4 Å². The molecule has 0 saturated carbocycles. The smallest absolute Gasteiger partial charge is 0.225 e. The minimum absolute atomic E-state index is 0.0581. The second-order valence-electron chi connectivity index (χ2n) is 8.06. The summed E-state index contributed by atoms with van der Waals surface area (Å²) in [5.74, 6) is 0.797. The number of piperidine rings is 1. The lowest BCUT2D eigenvalue weighted by Gasteiger charge is -2.31. The molecule has 0 radical (unpaired) electrons. The normalized spacial score (nSPS) is 16.2. The summed E-state index contributed by atoms with van der Waals surface area (Å²) < 4.78 is 7.04. The monoisotopic (exact) mass is 481 g/mol. The zero-order chi connectivity index (χ0) is 22.8. The molecule has 4 aromatic rings. The Labute approximate surface area is 201 Å². The molecule has 2 aromatic carbocycles. The van der Waals surface area contributed by atoms with Gasteiger partial charge in [0.2, 0.25) is 16.0 Å². The molecule has 0 unspecified atom stereocenters. The Balaban J connectivity index is 1.25. The second-order valence-corrected chi connectivity index (χ2v) is 9.40. The molecule has 0 bridgehead atoms. The van der Waals surface area contributed by atoms with Crippen LogP contribution < -0.4 is 15.0 Å². The Morgan fingerprint density at radius 1 is 1.24 bits per heavy atom. The van der Waals surface area contributed by atoms with Crippen LogP contribution in [0, 0.1) is 5.92 Å². The molecule has 0 aliphatic carbocycles. The van der Waals surface area contributed by atoms with E-state index in [0.717, 1.165) is 52.0 Å². The Bertz CT molecular complexity index is 1240. The van der Waals surface area contributed by atoms with Crippen molar-refractivity contribution in [3.63, 3.8) is 0 Å². The second kappa shape index (κ2) is 9.41. The third-order valence-corrected chi connectivity index (χ3v) is 7.24. The number of hydrogen-bond acceptors (Lipinski definition) is 6. The average Bonchev–Trinajstić information content (AvgIpc) is 3.43. The van der Waals surface area contributed by atoms with Gasteiger partial charge in [-0.05, 0) is 48.7 Å². The minimum Gasteiger partial charge on any atom is -0.497 e. The van der Waals surface area contributed by atoms with Crippen LogP contribution in [0.15, 0.2) is 54.7 Å². The molecule has 7 nitrogen and oxygen atoms in total. The number of imidazole rings is 1. The van der Waals surface area contributed by atoms with Gasteiger partial charge < -0.3 is 15.0 Å². The van der Waals surface area contributed by atoms with Gasteiger partial charge in [0.1, 0.15) is 5.75 Å². The third kappa shape index (κ3) is 4.67. The number of hydrogen-bond donors (Lipinski definition) is 1. The molecule has 1 amide bonds. The van der Waals surface area contributed by atoms with Crippen molar-refractivity contribution in [1.29, 1.82) is 0 Å². The standard InChI is InChI=1S/C24H24ClN5O2S/c1-32-19-10-8-16(9-11-19)21-15-30-23(27-21)33-24(28-30)29-12-4-6-18(14-29)22(31)26-13-17-5-2-3-7-20(17)25/h2-3,5,7-11,15,18H,4,6,12-14H2,1H3,(H,26,31)/t18-/m1/s1. The lowest BCUT2D eigenvalue weighted by molar-refractivity contribution is -0.125. The first kappa shape index (κ1) is 21.7. The zero-order valence-electron chi connectivity index (χ0n) is 18.2. The number of nitrogens with one attached hydrogen (secondary N) is 1. The van der Waals surface area contributed by atoms with Gasteiger partial charge in [0, 0.05) is 30.2 Å². The van der Waals surface area contributed by atoms with Crippen molar-refractivity contribution in [1.82, 2.24) is 19.9 Å². The van der Waals surface area contributed by atoms with Gasteiger partial charge in [-0.3, -0.25) is 4.79 Å². The number of nitrogens with zero attached hydrogens (tertiary/aromatic N) is 4. The van der Waals surface area contributed by atoms with E-state index in [2.05, 4.69) is 10.2 Å². The van der Waals surface area contributed by atoms with Crippen molar-refractivity contribution in [2.75, 3.05) is 25.1 Å². The Hall–Kier alpha value is -3.10. The number of amides is 1. The molecule has 1 atom stereocenters. The van der Waals surface area contributed by atoms with Gasteiger partial charge in [-0.2, -0.15) is 0 Å². The van der Waals surface area contributed by atoms with Crippen LogP contribution in [0.4, 0.5) is 5.13 Å². The number of aromatic nitrogens is 3. The summed E-state index contributed by atoms with van der Waals surface area (Å²) in [6.07, 6.45) is 3.76. The maximum absolute atomic E-state index is 12.8. The summed E-state index contributed by atoms with van der Waals surface area (Å²) in [6, 6.07) is 15.4. The molecule has 33 heavy (non-hydrogen) atoms. The first-order chi connectivity index (χ1) is 16.1. The molecule has 170 valence electrons. The number of carbonyl (C=O) groups is 1. The van der Waals surface area contributed by atoms with Gasteiger partial charge in [-0.25, -0.2) is 9.50 Å². The van der Waals surface area contributed by atoms with Crippen LogP contribution in [0.2, 0.25) is 5.02 Å². The van der Waals surface area contributed by atoms with E-state index in [1.807, 2.05) is 59.2 Å². The van der Waals surface area contributed by atoms with Crippen LogP contribution in [-0.4, -0.2) is 40.7 Å². The predicted molar refractivity (Wildman–Crippen MR) is 131 cm³/mol. The fraction of sp³-hybridized carbons (Fsp3) is 0.292. The topological polar surface area (TPSA) is 71.8 Å². The SMILES string of the molecule is COc1ccc(-c2cn3nc(N4CCC[C@@H](C(=O)NCc5ccccc5Cl)C4)sc3n2)cc1. The summed E-state index contributed by atoms with van der Waals surface area (Å²) in [5.41, 5.74) is 2.82. The number of fused-ring (bicyclic) bond motifs is 1. The summed E-state index contributed by atoms with van der Waals surface area (Å²) >= 11 is 7.75. The summed E-state index contributed by atoms with van der Waals surface area (Å²) in [4.78, 5) is 20.6. The minimum atomic E-state index is -0.0766. The third-order valence-electron chi connectivity index (χ3n) is 5.89. The van der Waals surface area contributed by atoms with E-state index in [1.165, 1.54) is 0 Å². The van der Waals surface area contributed by atoms with E-state index in [4.69, 9.17) is 26.4 Å². The number of ether oxygens (including phenoxy) is 1. The maximum Gasteiger partial charge on any atom is 0.225 e. The Morgan fingerprint density at radius 3 is 2.82 bits per heavy atom. The van der Waals surface area contributed by atoms with Crippen LogP contribution in [-0.2, 0) is 11.3 Å². The van der Waals surface area contributed by atoms with Crippen molar-refractivity contribution >= 4 is 38.9 Å².